The van der Waals surface area contributed by atoms with Crippen LogP contribution in [0.15, 0.2) is 22.8 Å². The highest BCUT2D eigenvalue weighted by molar-refractivity contribution is 6.30. The lowest BCUT2D eigenvalue weighted by Crippen LogP contribution is -1.98. The smallest absolute Gasteiger partial charge is 0.145 e. The molecule has 0 aliphatic heterocycles. The van der Waals surface area contributed by atoms with Gasteiger partial charge in [0.2, 0.25) is 0 Å². The molecule has 0 spiro atoms. The van der Waals surface area contributed by atoms with Gasteiger partial charge in [-0.3, -0.25) is 0 Å². The molecular formula is C10H8ClFN2O2. The number of benzene rings is 1. The van der Waals surface area contributed by atoms with E-state index in [1.807, 2.05) is 0 Å². The maximum Gasteiger partial charge on any atom is 0.145 e. The van der Waals surface area contributed by atoms with Crippen LogP contribution in [-0.4, -0.2) is 10.3 Å². The van der Waals surface area contributed by atoms with Gasteiger partial charge in [-0.25, -0.2) is 9.02 Å². The summed E-state index contributed by atoms with van der Waals surface area (Å²) in [5, 5.41) is 7.30. The highest BCUT2D eigenvalue weighted by atomic mass is 35.5. The summed E-state index contributed by atoms with van der Waals surface area (Å²) >= 11 is 5.54. The first-order valence-corrected chi connectivity index (χ1v) is 4.90. The van der Waals surface area contributed by atoms with Crippen molar-refractivity contribution in [1.29, 1.82) is 0 Å². The minimum absolute atomic E-state index is 0.0617. The average molecular weight is 243 g/mol. The second-order valence-corrected chi connectivity index (χ2v) is 3.57. The Bertz CT molecular complexity index is 501. The van der Waals surface area contributed by atoms with Crippen LogP contribution in [0.5, 0.6) is 5.75 Å². The highest BCUT2D eigenvalue weighted by Gasteiger charge is 2.07. The van der Waals surface area contributed by atoms with Crippen molar-refractivity contribution in [3.63, 3.8) is 0 Å². The van der Waals surface area contributed by atoms with E-state index in [9.17, 15) is 4.39 Å². The molecule has 0 saturated carbocycles. The number of rotatable bonds is 3. The molecule has 0 atom stereocenters. The molecule has 0 aliphatic rings. The molecule has 2 aromatic rings. The van der Waals surface area contributed by atoms with Crippen molar-refractivity contribution in [3.05, 3.63) is 40.4 Å². The molecule has 1 aromatic carbocycles. The third-order valence-electron chi connectivity index (χ3n) is 2.01. The molecule has 0 fully saturated rings. The van der Waals surface area contributed by atoms with E-state index in [2.05, 4.69) is 14.9 Å². The average Bonchev–Trinajstić information content (AvgIpc) is 2.66. The zero-order chi connectivity index (χ0) is 11.5. The van der Waals surface area contributed by atoms with Crippen molar-refractivity contribution in [2.24, 2.45) is 0 Å². The Morgan fingerprint density at radius 1 is 1.44 bits per heavy atom. The summed E-state index contributed by atoms with van der Waals surface area (Å²) in [7, 11) is 0. The van der Waals surface area contributed by atoms with Crippen LogP contribution in [0.4, 0.5) is 4.39 Å². The molecule has 0 radical (unpaired) electrons. The summed E-state index contributed by atoms with van der Waals surface area (Å²) < 4.78 is 22.9. The molecule has 2 rings (SSSR count). The van der Waals surface area contributed by atoms with Gasteiger partial charge < -0.3 is 4.74 Å². The standard InChI is InChI=1S/C10H8ClFN2O2/c1-6-10(14-16-13-6)5-15-7-2-3-8(11)9(12)4-7/h2-4H,5H2,1H3. The Hall–Kier alpha value is -1.62. The maximum absolute atomic E-state index is 13.1. The summed E-state index contributed by atoms with van der Waals surface area (Å²) in [6.07, 6.45) is 0. The van der Waals surface area contributed by atoms with Gasteiger partial charge in [-0.15, -0.1) is 0 Å². The lowest BCUT2D eigenvalue weighted by atomic mass is 10.3. The van der Waals surface area contributed by atoms with Gasteiger partial charge in [0.15, 0.2) is 0 Å². The van der Waals surface area contributed by atoms with Crippen LogP contribution in [0, 0.1) is 12.7 Å². The molecule has 4 nitrogen and oxygen atoms in total. The van der Waals surface area contributed by atoms with Crippen LogP contribution >= 0.6 is 11.6 Å². The molecule has 1 heterocycles. The Balaban J connectivity index is 2.05. The van der Waals surface area contributed by atoms with Crippen LogP contribution in [0.3, 0.4) is 0 Å². The Morgan fingerprint density at radius 2 is 2.25 bits per heavy atom. The second kappa shape index (κ2) is 4.49. The van der Waals surface area contributed by atoms with Crippen molar-refractivity contribution in [2.75, 3.05) is 0 Å². The van der Waals surface area contributed by atoms with E-state index >= 15 is 0 Å². The molecule has 0 saturated heterocycles. The normalized spacial score (nSPS) is 10.4. The molecule has 0 bridgehead atoms. The van der Waals surface area contributed by atoms with Gasteiger partial charge in [-0.2, -0.15) is 0 Å². The fraction of sp³-hybridized carbons (Fsp3) is 0.200. The highest BCUT2D eigenvalue weighted by Crippen LogP contribution is 2.21. The van der Waals surface area contributed by atoms with Gasteiger partial charge >= 0.3 is 0 Å². The van der Waals surface area contributed by atoms with Gasteiger partial charge in [0, 0.05) is 6.07 Å². The van der Waals surface area contributed by atoms with Crippen molar-refractivity contribution in [3.8, 4) is 5.75 Å². The van der Waals surface area contributed by atoms with Crippen molar-refractivity contribution >= 4 is 11.6 Å². The summed E-state index contributed by atoms with van der Waals surface area (Å²) in [6.45, 7) is 1.92. The van der Waals surface area contributed by atoms with Gasteiger partial charge in [-0.05, 0) is 19.1 Å². The van der Waals surface area contributed by atoms with Crippen molar-refractivity contribution in [2.45, 2.75) is 13.5 Å². The molecule has 1 aromatic heterocycles. The van der Waals surface area contributed by atoms with E-state index in [1.165, 1.54) is 12.1 Å². The second-order valence-electron chi connectivity index (χ2n) is 3.16. The number of ether oxygens (including phenoxy) is 1. The zero-order valence-corrected chi connectivity index (χ0v) is 9.16. The monoisotopic (exact) mass is 242 g/mol. The number of nitrogens with zero attached hydrogens (tertiary/aromatic N) is 2. The van der Waals surface area contributed by atoms with Crippen molar-refractivity contribution in [1.82, 2.24) is 10.3 Å². The topological polar surface area (TPSA) is 48.2 Å². The minimum atomic E-state index is -0.519. The summed E-state index contributed by atoms with van der Waals surface area (Å²) in [4.78, 5) is 0. The first kappa shape index (κ1) is 10.9. The Morgan fingerprint density at radius 3 is 2.88 bits per heavy atom. The molecule has 0 aliphatic carbocycles. The number of aryl methyl sites for hydroxylation is 1. The lowest BCUT2D eigenvalue weighted by molar-refractivity contribution is 0.269. The molecule has 84 valence electrons. The SMILES string of the molecule is Cc1nonc1COc1ccc(Cl)c(F)c1. The molecular weight excluding hydrogens is 235 g/mol. The van der Waals surface area contributed by atoms with Crippen LogP contribution in [0.25, 0.3) is 0 Å². The number of aromatic nitrogens is 2. The third-order valence-corrected chi connectivity index (χ3v) is 2.32. The number of halogens is 2. The van der Waals surface area contributed by atoms with E-state index in [-0.39, 0.29) is 11.6 Å². The minimum Gasteiger partial charge on any atom is -0.487 e. The molecule has 0 N–H and O–H groups in total. The summed E-state index contributed by atoms with van der Waals surface area (Å²) in [5.74, 6) is -0.140. The third kappa shape index (κ3) is 2.30. The fourth-order valence-electron chi connectivity index (χ4n) is 1.10. The largest absolute Gasteiger partial charge is 0.487 e. The van der Waals surface area contributed by atoms with Crippen molar-refractivity contribution < 1.29 is 13.8 Å². The molecule has 0 unspecified atom stereocenters. The molecule has 0 amide bonds. The summed E-state index contributed by atoms with van der Waals surface area (Å²) in [5.41, 5.74) is 1.23. The van der Waals surface area contributed by atoms with Crippen LogP contribution in [0.2, 0.25) is 5.02 Å². The van der Waals surface area contributed by atoms with E-state index in [0.29, 0.717) is 17.1 Å². The quantitative estimate of drug-likeness (QED) is 0.830. The van der Waals surface area contributed by atoms with E-state index in [1.54, 1.807) is 13.0 Å². The van der Waals surface area contributed by atoms with E-state index in [4.69, 9.17) is 16.3 Å². The predicted molar refractivity (Wildman–Crippen MR) is 54.8 cm³/mol. The van der Waals surface area contributed by atoms with Crippen LogP contribution in [-0.2, 0) is 6.61 Å². The zero-order valence-electron chi connectivity index (χ0n) is 8.41. The fourth-order valence-corrected chi connectivity index (χ4v) is 1.22. The Labute approximate surface area is 95.9 Å². The lowest BCUT2D eigenvalue weighted by Gasteiger charge is -2.04. The Kier molecular flexibility index (Phi) is 3.05. The molecule has 16 heavy (non-hydrogen) atoms. The van der Waals surface area contributed by atoms with Gasteiger partial charge in [0.1, 0.15) is 29.6 Å². The predicted octanol–water partition coefficient (Wildman–Crippen LogP) is 2.75. The van der Waals surface area contributed by atoms with Crippen LogP contribution < -0.4 is 4.74 Å². The summed E-state index contributed by atoms with van der Waals surface area (Å²) in [6, 6.07) is 4.22. The van der Waals surface area contributed by atoms with Gasteiger partial charge in [0.25, 0.3) is 0 Å². The van der Waals surface area contributed by atoms with Gasteiger partial charge in [0.05, 0.1) is 5.02 Å². The van der Waals surface area contributed by atoms with Crippen LogP contribution in [0.1, 0.15) is 11.4 Å². The first-order valence-electron chi connectivity index (χ1n) is 4.52. The van der Waals surface area contributed by atoms with E-state index < -0.39 is 5.82 Å². The maximum atomic E-state index is 13.1. The number of hydrogen-bond acceptors (Lipinski definition) is 4. The molecule has 6 heteroatoms. The first-order chi connectivity index (χ1) is 7.66. The number of hydrogen-bond donors (Lipinski definition) is 0. The van der Waals surface area contributed by atoms with Gasteiger partial charge in [-0.1, -0.05) is 21.9 Å². The van der Waals surface area contributed by atoms with E-state index in [0.717, 1.165) is 0 Å².